The van der Waals surface area contributed by atoms with Gasteiger partial charge >= 0.3 is 0 Å². The summed E-state index contributed by atoms with van der Waals surface area (Å²) in [4.78, 5) is 23.3. The van der Waals surface area contributed by atoms with Crippen LogP contribution in [0, 0.1) is 12.7 Å². The van der Waals surface area contributed by atoms with E-state index in [0.29, 0.717) is 30.3 Å². The molecule has 1 fully saturated rings. The molecule has 7 nitrogen and oxygen atoms in total. The number of aryl methyl sites for hydroxylation is 1. The third-order valence-corrected chi connectivity index (χ3v) is 4.52. The van der Waals surface area contributed by atoms with Crippen molar-refractivity contribution in [1.29, 1.82) is 0 Å². The minimum atomic E-state index is -0.266. The van der Waals surface area contributed by atoms with Crippen molar-refractivity contribution < 1.29 is 13.9 Å². The van der Waals surface area contributed by atoms with Crippen LogP contribution in [0.3, 0.4) is 0 Å². The van der Waals surface area contributed by atoms with E-state index in [-0.39, 0.29) is 11.7 Å². The molecule has 1 aromatic carbocycles. The van der Waals surface area contributed by atoms with Gasteiger partial charge in [0.2, 0.25) is 0 Å². The maximum Gasteiger partial charge on any atom is 0.270 e. The van der Waals surface area contributed by atoms with Crippen LogP contribution in [-0.2, 0) is 11.2 Å². The number of anilines is 1. The zero-order chi connectivity index (χ0) is 19.8. The highest BCUT2D eigenvalue weighted by atomic mass is 19.1. The molecule has 28 heavy (non-hydrogen) atoms. The van der Waals surface area contributed by atoms with Crippen LogP contribution < -0.4 is 10.6 Å². The smallest absolute Gasteiger partial charge is 0.270 e. The molecule has 2 aromatic rings. The van der Waals surface area contributed by atoms with E-state index >= 15 is 0 Å². The van der Waals surface area contributed by atoms with E-state index in [4.69, 9.17) is 4.74 Å². The summed E-state index contributed by atoms with van der Waals surface area (Å²) in [5.41, 5.74) is 1.30. The lowest BCUT2D eigenvalue weighted by molar-refractivity contribution is 0.0398. The van der Waals surface area contributed by atoms with Crippen LogP contribution in [-0.4, -0.2) is 66.7 Å². The Labute approximate surface area is 164 Å². The summed E-state index contributed by atoms with van der Waals surface area (Å²) in [7, 11) is 0. The Balaban J connectivity index is 1.48. The predicted octanol–water partition coefficient (Wildman–Crippen LogP) is 1.64. The number of nitrogens with zero attached hydrogens (tertiary/aromatic N) is 3. The molecule has 2 heterocycles. The first kappa shape index (κ1) is 20.2. The third kappa shape index (κ3) is 6.24. The molecule has 1 aromatic heterocycles. The highest BCUT2D eigenvalue weighted by molar-refractivity contribution is 5.92. The first-order valence-electron chi connectivity index (χ1n) is 9.52. The van der Waals surface area contributed by atoms with Gasteiger partial charge in [0.05, 0.1) is 13.2 Å². The summed E-state index contributed by atoms with van der Waals surface area (Å²) in [6.07, 6.45) is 0.626. The van der Waals surface area contributed by atoms with Gasteiger partial charge in [-0.15, -0.1) is 0 Å². The van der Waals surface area contributed by atoms with Gasteiger partial charge in [-0.3, -0.25) is 9.69 Å². The molecule has 8 heteroatoms. The zero-order valence-electron chi connectivity index (χ0n) is 16.1. The van der Waals surface area contributed by atoms with Crippen LogP contribution in [0.4, 0.5) is 10.2 Å². The quantitative estimate of drug-likeness (QED) is 0.717. The number of halogens is 1. The second-order valence-electron chi connectivity index (χ2n) is 6.70. The standard InChI is InChI=1S/C20H26FN5O2/c1-15-24-18(20(27)23-7-6-16-2-4-17(21)5-3-16)14-19(25-15)22-8-9-26-10-12-28-13-11-26/h2-5,14H,6-13H2,1H3,(H,23,27)(H,22,24,25). The van der Waals surface area contributed by atoms with Crippen molar-refractivity contribution in [2.45, 2.75) is 13.3 Å². The minimum absolute atomic E-state index is 0.246. The lowest BCUT2D eigenvalue weighted by atomic mass is 10.1. The topological polar surface area (TPSA) is 79.4 Å². The number of morpholine rings is 1. The number of carbonyl (C=O) groups is 1. The van der Waals surface area contributed by atoms with Gasteiger partial charge in [0, 0.05) is 38.8 Å². The van der Waals surface area contributed by atoms with Gasteiger partial charge in [-0.2, -0.15) is 0 Å². The van der Waals surface area contributed by atoms with Gasteiger partial charge in [0.1, 0.15) is 23.2 Å². The van der Waals surface area contributed by atoms with E-state index in [0.717, 1.165) is 45.0 Å². The van der Waals surface area contributed by atoms with Crippen LogP contribution >= 0.6 is 0 Å². The highest BCUT2D eigenvalue weighted by Gasteiger charge is 2.12. The van der Waals surface area contributed by atoms with Crippen molar-refractivity contribution >= 4 is 11.7 Å². The molecule has 0 bridgehead atoms. The summed E-state index contributed by atoms with van der Waals surface area (Å²) >= 11 is 0. The molecule has 1 amide bonds. The maximum absolute atomic E-state index is 12.9. The molecule has 1 saturated heterocycles. The van der Waals surface area contributed by atoms with Crippen molar-refractivity contribution in [1.82, 2.24) is 20.2 Å². The van der Waals surface area contributed by atoms with Crippen molar-refractivity contribution in [3.63, 3.8) is 0 Å². The van der Waals surface area contributed by atoms with Gasteiger partial charge in [0.25, 0.3) is 5.91 Å². The average molecular weight is 387 g/mol. The Morgan fingerprint density at radius 2 is 1.93 bits per heavy atom. The molecular weight excluding hydrogens is 361 g/mol. The Morgan fingerprint density at radius 3 is 2.68 bits per heavy atom. The Morgan fingerprint density at radius 1 is 1.18 bits per heavy atom. The van der Waals surface area contributed by atoms with Crippen LogP contribution in [0.1, 0.15) is 21.9 Å². The van der Waals surface area contributed by atoms with Crippen LogP contribution in [0.25, 0.3) is 0 Å². The lowest BCUT2D eigenvalue weighted by Gasteiger charge is -2.26. The first-order valence-corrected chi connectivity index (χ1v) is 9.52. The summed E-state index contributed by atoms with van der Waals surface area (Å²) in [5.74, 6) is 0.672. The summed E-state index contributed by atoms with van der Waals surface area (Å²) in [5, 5.41) is 6.12. The SMILES string of the molecule is Cc1nc(NCCN2CCOCC2)cc(C(=O)NCCc2ccc(F)cc2)n1. The predicted molar refractivity (Wildman–Crippen MR) is 105 cm³/mol. The van der Waals surface area contributed by atoms with E-state index in [9.17, 15) is 9.18 Å². The molecular formula is C20H26FN5O2. The largest absolute Gasteiger partial charge is 0.379 e. The molecule has 0 unspecified atom stereocenters. The molecule has 1 aliphatic heterocycles. The monoisotopic (exact) mass is 387 g/mol. The van der Waals surface area contributed by atoms with Crippen LogP contribution in [0.2, 0.25) is 0 Å². The molecule has 1 aliphatic rings. The van der Waals surface area contributed by atoms with E-state index in [1.165, 1.54) is 12.1 Å². The second-order valence-corrected chi connectivity index (χ2v) is 6.70. The molecule has 0 radical (unpaired) electrons. The molecule has 0 saturated carbocycles. The average Bonchev–Trinajstić information content (AvgIpc) is 2.70. The summed E-state index contributed by atoms with van der Waals surface area (Å²) < 4.78 is 18.3. The third-order valence-electron chi connectivity index (χ3n) is 4.52. The number of aromatic nitrogens is 2. The van der Waals surface area contributed by atoms with Gasteiger partial charge in [-0.1, -0.05) is 12.1 Å². The number of hydrogen-bond donors (Lipinski definition) is 2. The number of hydrogen-bond acceptors (Lipinski definition) is 6. The van der Waals surface area contributed by atoms with E-state index in [1.54, 1.807) is 25.1 Å². The van der Waals surface area contributed by atoms with Crippen molar-refractivity contribution in [3.05, 3.63) is 53.2 Å². The molecule has 0 spiro atoms. The Hall–Kier alpha value is -2.58. The fourth-order valence-corrected chi connectivity index (χ4v) is 3.00. The number of carbonyl (C=O) groups excluding carboxylic acids is 1. The Kier molecular flexibility index (Phi) is 7.27. The molecule has 0 aliphatic carbocycles. The normalized spacial score (nSPS) is 14.6. The Bertz CT molecular complexity index is 779. The van der Waals surface area contributed by atoms with E-state index in [2.05, 4.69) is 25.5 Å². The van der Waals surface area contributed by atoms with Crippen LogP contribution in [0.15, 0.2) is 30.3 Å². The van der Waals surface area contributed by atoms with Crippen molar-refractivity contribution in [2.24, 2.45) is 0 Å². The van der Waals surface area contributed by atoms with Gasteiger partial charge in [0.15, 0.2) is 0 Å². The molecule has 0 atom stereocenters. The number of rotatable bonds is 8. The fraction of sp³-hybridized carbons (Fsp3) is 0.450. The minimum Gasteiger partial charge on any atom is -0.379 e. The van der Waals surface area contributed by atoms with E-state index < -0.39 is 0 Å². The summed E-state index contributed by atoms with van der Waals surface area (Å²) in [6, 6.07) is 7.93. The lowest BCUT2D eigenvalue weighted by Crippen LogP contribution is -2.39. The fourth-order valence-electron chi connectivity index (χ4n) is 3.00. The molecule has 3 rings (SSSR count). The number of amides is 1. The van der Waals surface area contributed by atoms with Crippen LogP contribution in [0.5, 0.6) is 0 Å². The number of benzene rings is 1. The molecule has 150 valence electrons. The highest BCUT2D eigenvalue weighted by Crippen LogP contribution is 2.08. The number of nitrogens with one attached hydrogen (secondary N) is 2. The maximum atomic E-state index is 12.9. The number of ether oxygens (including phenoxy) is 1. The van der Waals surface area contributed by atoms with Gasteiger partial charge < -0.3 is 15.4 Å². The van der Waals surface area contributed by atoms with Gasteiger partial charge in [-0.05, 0) is 31.0 Å². The van der Waals surface area contributed by atoms with Crippen molar-refractivity contribution in [3.8, 4) is 0 Å². The molecule has 2 N–H and O–H groups in total. The summed E-state index contributed by atoms with van der Waals surface area (Å²) in [6.45, 7) is 7.27. The first-order chi connectivity index (χ1) is 13.6. The van der Waals surface area contributed by atoms with E-state index in [1.807, 2.05) is 0 Å². The second kappa shape index (κ2) is 10.1. The van der Waals surface area contributed by atoms with Gasteiger partial charge in [-0.25, -0.2) is 14.4 Å². The van der Waals surface area contributed by atoms with Crippen molar-refractivity contribution in [2.75, 3.05) is 51.3 Å². The zero-order valence-corrected chi connectivity index (χ0v) is 16.1.